The van der Waals surface area contributed by atoms with Crippen LogP contribution in [-0.2, 0) is 9.53 Å². The molecule has 6 heteroatoms. The number of carbonyl (C=O) groups excluding carboxylic acids is 1. The summed E-state index contributed by atoms with van der Waals surface area (Å²) in [6.07, 6.45) is 5.81. The molecule has 2 fully saturated rings. The number of nitrogens with zero attached hydrogens (tertiary/aromatic N) is 1. The largest absolute Gasteiger partial charge is 0.409 e. The van der Waals surface area contributed by atoms with Crippen LogP contribution in [0.4, 0.5) is 0 Å². The van der Waals surface area contributed by atoms with Gasteiger partial charge in [-0.25, -0.2) is 0 Å². The first kappa shape index (κ1) is 15.1. The lowest BCUT2D eigenvalue weighted by molar-refractivity contribution is -0.131. The van der Waals surface area contributed by atoms with Gasteiger partial charge in [-0.2, -0.15) is 0 Å². The van der Waals surface area contributed by atoms with Crippen LogP contribution >= 0.6 is 0 Å². The monoisotopic (exact) mass is 283 g/mol. The average molecular weight is 283 g/mol. The van der Waals surface area contributed by atoms with Gasteiger partial charge in [-0.1, -0.05) is 18.5 Å². The van der Waals surface area contributed by atoms with Crippen LogP contribution in [0.15, 0.2) is 5.16 Å². The average Bonchev–Trinajstić information content (AvgIpc) is 3.01. The maximum absolute atomic E-state index is 12.3. The fraction of sp³-hybridized carbons (Fsp3) is 0.857. The Morgan fingerprint density at radius 3 is 2.65 bits per heavy atom. The Balaban J connectivity index is 2.06. The molecule has 2 aliphatic rings. The third-order valence-corrected chi connectivity index (χ3v) is 4.72. The van der Waals surface area contributed by atoms with Crippen LogP contribution in [0.1, 0.15) is 51.9 Å². The second kappa shape index (κ2) is 6.43. The van der Waals surface area contributed by atoms with Gasteiger partial charge in [-0.15, -0.1) is 0 Å². The molecule has 1 saturated carbocycles. The fourth-order valence-electron chi connectivity index (χ4n) is 3.22. The number of hydrogen-bond acceptors (Lipinski definition) is 4. The predicted octanol–water partition coefficient (Wildman–Crippen LogP) is 1.37. The molecule has 1 unspecified atom stereocenters. The van der Waals surface area contributed by atoms with Crippen molar-refractivity contribution in [2.24, 2.45) is 16.8 Å². The lowest BCUT2D eigenvalue weighted by atomic mass is 9.74. The molecule has 1 heterocycles. The van der Waals surface area contributed by atoms with E-state index in [1.54, 1.807) is 0 Å². The zero-order valence-corrected chi connectivity index (χ0v) is 12.1. The van der Waals surface area contributed by atoms with Crippen LogP contribution in [-0.4, -0.2) is 35.2 Å². The first-order valence-electron chi connectivity index (χ1n) is 7.53. The normalized spacial score (nSPS) is 35.0. The third-order valence-electron chi connectivity index (χ3n) is 4.72. The van der Waals surface area contributed by atoms with Gasteiger partial charge in [-0.05, 0) is 44.4 Å². The molecule has 0 aromatic rings. The number of hydrogen-bond donors (Lipinski definition) is 3. The number of amidine groups is 1. The van der Waals surface area contributed by atoms with Crippen molar-refractivity contribution in [3.05, 3.63) is 0 Å². The molecule has 1 saturated heterocycles. The highest BCUT2D eigenvalue weighted by atomic mass is 16.5. The summed E-state index contributed by atoms with van der Waals surface area (Å²) < 4.78 is 5.40. The van der Waals surface area contributed by atoms with Crippen molar-refractivity contribution in [1.29, 1.82) is 0 Å². The first-order chi connectivity index (χ1) is 9.61. The highest BCUT2D eigenvalue weighted by Gasteiger charge is 2.41. The van der Waals surface area contributed by atoms with Crippen molar-refractivity contribution in [3.8, 4) is 0 Å². The molecular weight excluding hydrogens is 258 g/mol. The van der Waals surface area contributed by atoms with Gasteiger partial charge in [0.25, 0.3) is 0 Å². The Morgan fingerprint density at radius 1 is 1.45 bits per heavy atom. The summed E-state index contributed by atoms with van der Waals surface area (Å²) in [5.74, 6) is 0.636. The van der Waals surface area contributed by atoms with Gasteiger partial charge >= 0.3 is 0 Å². The van der Waals surface area contributed by atoms with E-state index in [0.29, 0.717) is 12.5 Å². The van der Waals surface area contributed by atoms with Gasteiger partial charge in [0, 0.05) is 6.61 Å². The van der Waals surface area contributed by atoms with Crippen molar-refractivity contribution in [1.82, 2.24) is 5.32 Å². The molecule has 0 aromatic heterocycles. The molecule has 20 heavy (non-hydrogen) atoms. The van der Waals surface area contributed by atoms with Gasteiger partial charge in [0.15, 0.2) is 5.84 Å². The van der Waals surface area contributed by atoms with Crippen LogP contribution in [0.3, 0.4) is 0 Å². The van der Waals surface area contributed by atoms with Crippen LogP contribution in [0.5, 0.6) is 0 Å². The van der Waals surface area contributed by atoms with E-state index >= 15 is 0 Å². The van der Waals surface area contributed by atoms with Crippen molar-refractivity contribution >= 4 is 11.7 Å². The zero-order valence-electron chi connectivity index (χ0n) is 12.1. The Hall–Kier alpha value is -1.30. The van der Waals surface area contributed by atoms with E-state index in [1.807, 2.05) is 0 Å². The van der Waals surface area contributed by atoms with Crippen LogP contribution in [0.2, 0.25) is 0 Å². The summed E-state index contributed by atoms with van der Waals surface area (Å²) in [4.78, 5) is 12.3. The minimum absolute atomic E-state index is 0.110. The second-order valence-electron chi connectivity index (χ2n) is 5.91. The van der Waals surface area contributed by atoms with E-state index in [4.69, 9.17) is 15.7 Å². The number of nitrogens with two attached hydrogens (primary N) is 1. The van der Waals surface area contributed by atoms with E-state index in [9.17, 15) is 4.79 Å². The Morgan fingerprint density at radius 2 is 2.15 bits per heavy atom. The van der Waals surface area contributed by atoms with Crippen molar-refractivity contribution in [3.63, 3.8) is 0 Å². The summed E-state index contributed by atoms with van der Waals surface area (Å²) in [5.41, 5.74) is 5.16. The summed E-state index contributed by atoms with van der Waals surface area (Å²) in [6.45, 7) is 2.80. The molecule has 1 amide bonds. The number of amides is 1. The molecule has 0 bridgehead atoms. The van der Waals surface area contributed by atoms with Crippen LogP contribution < -0.4 is 11.1 Å². The molecular formula is C14H25N3O3. The maximum Gasteiger partial charge on any atom is 0.249 e. The van der Waals surface area contributed by atoms with Crippen molar-refractivity contribution in [2.75, 3.05) is 6.61 Å². The summed E-state index contributed by atoms with van der Waals surface area (Å²) in [5, 5.41) is 15.2. The highest BCUT2D eigenvalue weighted by Crippen LogP contribution is 2.34. The predicted molar refractivity (Wildman–Crippen MR) is 75.5 cm³/mol. The van der Waals surface area contributed by atoms with Gasteiger partial charge in [0.05, 0.1) is 0 Å². The van der Waals surface area contributed by atoms with Gasteiger partial charge < -0.3 is 21.0 Å². The molecule has 0 radical (unpaired) electrons. The molecule has 114 valence electrons. The van der Waals surface area contributed by atoms with Crippen molar-refractivity contribution < 1.29 is 14.7 Å². The van der Waals surface area contributed by atoms with Crippen molar-refractivity contribution in [2.45, 2.75) is 63.5 Å². The third kappa shape index (κ3) is 3.06. The summed E-state index contributed by atoms with van der Waals surface area (Å²) >= 11 is 0. The molecule has 2 rings (SSSR count). The fourth-order valence-corrected chi connectivity index (χ4v) is 3.22. The topological polar surface area (TPSA) is 96.9 Å². The number of nitrogens with one attached hydrogen (secondary N) is 1. The Kier molecular flexibility index (Phi) is 4.86. The second-order valence-corrected chi connectivity index (χ2v) is 5.91. The van der Waals surface area contributed by atoms with Gasteiger partial charge in [-0.3, -0.25) is 4.79 Å². The van der Waals surface area contributed by atoms with Gasteiger partial charge in [0.1, 0.15) is 11.6 Å². The summed E-state index contributed by atoms with van der Waals surface area (Å²) in [6, 6.07) is 0. The first-order valence-corrected chi connectivity index (χ1v) is 7.53. The molecule has 6 nitrogen and oxygen atoms in total. The smallest absolute Gasteiger partial charge is 0.249 e. The highest BCUT2D eigenvalue weighted by molar-refractivity contribution is 5.95. The molecule has 1 aliphatic heterocycles. The summed E-state index contributed by atoms with van der Waals surface area (Å²) in [7, 11) is 0. The van der Waals surface area contributed by atoms with Gasteiger partial charge in [0.2, 0.25) is 5.91 Å². The van der Waals surface area contributed by atoms with E-state index in [0.717, 1.165) is 44.9 Å². The number of oxime groups is 1. The van der Waals surface area contributed by atoms with Crippen LogP contribution in [0.25, 0.3) is 0 Å². The number of rotatable bonds is 4. The van der Waals surface area contributed by atoms with E-state index < -0.39 is 5.54 Å². The maximum atomic E-state index is 12.3. The molecule has 1 aliphatic carbocycles. The minimum atomic E-state index is -0.705. The quantitative estimate of drug-likeness (QED) is 0.314. The number of carbonyl (C=O) groups is 1. The van der Waals surface area contributed by atoms with Crippen LogP contribution in [0, 0.1) is 5.92 Å². The number of ether oxygens (including phenoxy) is 1. The molecule has 0 aromatic carbocycles. The standard InChI is InChI=1S/C14H25N3O3/c1-2-10-5-7-14(8-6-10,13(15)17-19)16-12(18)11-4-3-9-20-11/h10-11,19H,2-9H2,1H3,(H2,15,17)(H,16,18). The Bertz CT molecular complexity index is 370. The van der Waals surface area contributed by atoms with E-state index in [-0.39, 0.29) is 17.8 Å². The van der Waals surface area contributed by atoms with E-state index in [2.05, 4.69) is 17.4 Å². The lowest BCUT2D eigenvalue weighted by Crippen LogP contribution is -2.60. The molecule has 0 spiro atoms. The molecule has 1 atom stereocenters. The Labute approximate surface area is 119 Å². The molecule has 4 N–H and O–H groups in total. The lowest BCUT2D eigenvalue weighted by Gasteiger charge is -2.40. The minimum Gasteiger partial charge on any atom is -0.409 e. The zero-order chi connectivity index (χ0) is 14.6. The van der Waals surface area contributed by atoms with E-state index in [1.165, 1.54) is 0 Å². The SMILES string of the molecule is CCC1CCC(NC(=O)C2CCCO2)(/C(N)=N/O)CC1.